The van der Waals surface area contributed by atoms with Gasteiger partial charge in [0.2, 0.25) is 6.35 Å². The Kier molecular flexibility index (Phi) is 6.63. The van der Waals surface area contributed by atoms with Crippen LogP contribution in [0, 0.1) is 5.41 Å². The summed E-state index contributed by atoms with van der Waals surface area (Å²) in [7, 11) is -0.626. The van der Waals surface area contributed by atoms with Crippen molar-refractivity contribution >= 4 is 35.1 Å². The minimum atomic E-state index is -2.22. The van der Waals surface area contributed by atoms with Gasteiger partial charge in [0.05, 0.1) is 0 Å². The van der Waals surface area contributed by atoms with Crippen molar-refractivity contribution in [2.24, 2.45) is 5.73 Å². The van der Waals surface area contributed by atoms with E-state index in [4.69, 9.17) is 15.9 Å². The standard InChI is InChI=1S/C23H25N3O2P/c1-26(23(24)25)17-22(27)28-18-29(19-11-5-2-6-12-19,20-13-7-3-8-14-20)21-15-9-4-10-16-21/h2-16H,17-18H2,1H3,(H3,24,25)/q+1. The maximum absolute atomic E-state index is 12.5. The van der Waals surface area contributed by atoms with Gasteiger partial charge in [-0.3, -0.25) is 10.2 Å². The third-order valence-electron chi connectivity index (χ3n) is 4.79. The van der Waals surface area contributed by atoms with Crippen LogP contribution in [0.5, 0.6) is 0 Å². The van der Waals surface area contributed by atoms with Crippen LogP contribution in [0.3, 0.4) is 0 Å². The zero-order chi connectivity index (χ0) is 20.7. The second kappa shape index (κ2) is 9.35. The number of esters is 1. The minimum Gasteiger partial charge on any atom is -0.427 e. The van der Waals surface area contributed by atoms with Gasteiger partial charge in [-0.25, -0.2) is 0 Å². The Bertz CT molecular complexity index is 853. The summed E-state index contributed by atoms with van der Waals surface area (Å²) in [5.74, 6) is -0.577. The van der Waals surface area contributed by atoms with Crippen molar-refractivity contribution in [2.75, 3.05) is 19.9 Å². The molecule has 0 atom stereocenters. The maximum Gasteiger partial charge on any atom is 0.328 e. The first kappa shape index (κ1) is 20.6. The number of nitrogens with one attached hydrogen (secondary N) is 1. The van der Waals surface area contributed by atoms with Crippen LogP contribution in [0.1, 0.15) is 0 Å². The molecule has 0 amide bonds. The van der Waals surface area contributed by atoms with E-state index in [0.717, 1.165) is 15.9 Å². The molecule has 0 fully saturated rings. The van der Waals surface area contributed by atoms with Gasteiger partial charge in [0.25, 0.3) is 0 Å². The van der Waals surface area contributed by atoms with E-state index in [1.54, 1.807) is 7.05 Å². The van der Waals surface area contributed by atoms with E-state index in [1.807, 2.05) is 54.6 Å². The highest BCUT2D eigenvalue weighted by atomic mass is 31.2. The highest BCUT2D eigenvalue weighted by Crippen LogP contribution is 2.55. The highest BCUT2D eigenvalue weighted by molar-refractivity contribution is 7.95. The lowest BCUT2D eigenvalue weighted by atomic mass is 10.4. The molecule has 0 unspecified atom stereocenters. The summed E-state index contributed by atoms with van der Waals surface area (Å²) in [6.45, 7) is -0.0618. The number of rotatable bonds is 7. The van der Waals surface area contributed by atoms with E-state index in [1.165, 1.54) is 4.90 Å². The number of carbonyl (C=O) groups is 1. The predicted octanol–water partition coefficient (Wildman–Crippen LogP) is 2.31. The van der Waals surface area contributed by atoms with Gasteiger partial charge in [-0.05, 0) is 36.4 Å². The Morgan fingerprint density at radius 3 is 1.59 bits per heavy atom. The van der Waals surface area contributed by atoms with Crippen molar-refractivity contribution in [3.05, 3.63) is 91.0 Å². The SMILES string of the molecule is CN(CC(=O)OC[P+](c1ccccc1)(c1ccccc1)c1ccccc1)C(=N)N. The van der Waals surface area contributed by atoms with Crippen molar-refractivity contribution in [1.29, 1.82) is 5.41 Å². The Balaban J connectivity index is 2.05. The van der Waals surface area contributed by atoms with Gasteiger partial charge >= 0.3 is 5.97 Å². The molecule has 29 heavy (non-hydrogen) atoms. The minimum absolute atomic E-state index is 0.0618. The lowest BCUT2D eigenvalue weighted by Gasteiger charge is -2.27. The average Bonchev–Trinajstić information content (AvgIpc) is 2.76. The summed E-state index contributed by atoms with van der Waals surface area (Å²) in [6, 6.07) is 30.7. The molecule has 3 N–H and O–H groups in total. The Labute approximate surface area is 172 Å². The monoisotopic (exact) mass is 406 g/mol. The van der Waals surface area contributed by atoms with E-state index < -0.39 is 13.2 Å². The number of carbonyl (C=O) groups excluding carboxylic acids is 1. The van der Waals surface area contributed by atoms with Crippen molar-refractivity contribution in [1.82, 2.24) is 4.90 Å². The Morgan fingerprint density at radius 1 is 0.862 bits per heavy atom. The van der Waals surface area contributed by atoms with Crippen molar-refractivity contribution < 1.29 is 9.53 Å². The molecule has 3 aromatic rings. The Morgan fingerprint density at radius 2 is 1.24 bits per heavy atom. The summed E-state index contributed by atoms with van der Waals surface area (Å²) in [4.78, 5) is 13.9. The summed E-state index contributed by atoms with van der Waals surface area (Å²) in [6.07, 6.45) is 0.246. The lowest BCUT2D eigenvalue weighted by Crippen LogP contribution is -2.39. The van der Waals surface area contributed by atoms with Crippen molar-refractivity contribution in [2.45, 2.75) is 0 Å². The zero-order valence-electron chi connectivity index (χ0n) is 16.4. The molecule has 0 bridgehead atoms. The van der Waals surface area contributed by atoms with Gasteiger partial charge in [-0.15, -0.1) is 0 Å². The van der Waals surface area contributed by atoms with Crippen molar-refractivity contribution in [3.8, 4) is 0 Å². The number of guanidine groups is 1. The zero-order valence-corrected chi connectivity index (χ0v) is 17.3. The van der Waals surface area contributed by atoms with Crippen LogP contribution in [0.2, 0.25) is 0 Å². The van der Waals surface area contributed by atoms with E-state index >= 15 is 0 Å². The molecule has 0 spiro atoms. The van der Waals surface area contributed by atoms with Crippen molar-refractivity contribution in [3.63, 3.8) is 0 Å². The molecular weight excluding hydrogens is 381 g/mol. The lowest BCUT2D eigenvalue weighted by molar-refractivity contribution is -0.141. The molecule has 0 saturated carbocycles. The maximum atomic E-state index is 12.5. The fourth-order valence-corrected chi connectivity index (χ4v) is 6.93. The normalized spacial score (nSPS) is 10.9. The molecule has 0 saturated heterocycles. The molecule has 0 aromatic heterocycles. The first-order valence-corrected chi connectivity index (χ1v) is 11.3. The molecule has 0 heterocycles. The number of nitrogens with zero attached hydrogens (tertiary/aromatic N) is 1. The van der Waals surface area contributed by atoms with E-state index in [9.17, 15) is 4.79 Å². The summed E-state index contributed by atoms with van der Waals surface area (Å²) < 4.78 is 5.81. The smallest absolute Gasteiger partial charge is 0.328 e. The Hall–Kier alpha value is -3.17. The van der Waals surface area contributed by atoms with Crippen LogP contribution in [0.4, 0.5) is 0 Å². The van der Waals surface area contributed by atoms with Gasteiger partial charge in [0.15, 0.2) is 13.2 Å². The number of hydrogen-bond donors (Lipinski definition) is 2. The van der Waals surface area contributed by atoms with Crippen LogP contribution in [-0.2, 0) is 9.53 Å². The van der Waals surface area contributed by atoms with E-state index in [0.29, 0.717) is 0 Å². The third kappa shape index (κ3) is 4.64. The molecule has 0 aliphatic carbocycles. The average molecular weight is 406 g/mol. The number of ether oxygens (including phenoxy) is 1. The summed E-state index contributed by atoms with van der Waals surface area (Å²) >= 11 is 0. The van der Waals surface area contributed by atoms with Gasteiger partial charge in [0.1, 0.15) is 22.5 Å². The molecule has 5 nitrogen and oxygen atoms in total. The second-order valence-electron chi connectivity index (χ2n) is 6.70. The quantitative estimate of drug-likeness (QED) is 0.273. The fraction of sp³-hybridized carbons (Fsp3) is 0.130. The molecule has 0 aliphatic heterocycles. The molecule has 148 valence electrons. The van der Waals surface area contributed by atoms with E-state index in [2.05, 4.69) is 36.4 Å². The van der Waals surface area contributed by atoms with Crippen LogP contribution in [-0.4, -0.2) is 36.8 Å². The predicted molar refractivity (Wildman–Crippen MR) is 121 cm³/mol. The van der Waals surface area contributed by atoms with Crippen LogP contribution in [0.15, 0.2) is 91.0 Å². The number of nitrogens with two attached hydrogens (primary N) is 1. The molecule has 0 radical (unpaired) electrons. The number of likely N-dealkylation sites (N-methyl/N-ethyl adjacent to an activating group) is 1. The van der Waals surface area contributed by atoms with Crippen LogP contribution < -0.4 is 21.6 Å². The molecule has 0 aliphatic rings. The highest BCUT2D eigenvalue weighted by Gasteiger charge is 2.46. The molecule has 6 heteroatoms. The second-order valence-corrected chi connectivity index (χ2v) is 10.1. The summed E-state index contributed by atoms with van der Waals surface area (Å²) in [5.41, 5.74) is 5.45. The third-order valence-corrected chi connectivity index (χ3v) is 8.84. The number of benzene rings is 3. The molecule has 3 aromatic carbocycles. The topological polar surface area (TPSA) is 79.4 Å². The first-order valence-electron chi connectivity index (χ1n) is 9.30. The van der Waals surface area contributed by atoms with Gasteiger partial charge in [-0.2, -0.15) is 0 Å². The summed E-state index contributed by atoms with van der Waals surface area (Å²) in [5, 5.41) is 10.9. The molecular formula is C23H25N3O2P+. The molecule has 3 rings (SSSR count). The van der Waals surface area contributed by atoms with E-state index in [-0.39, 0.29) is 18.9 Å². The first-order chi connectivity index (χ1) is 14.0. The van der Waals surface area contributed by atoms with Gasteiger partial charge in [0, 0.05) is 7.05 Å². The van der Waals surface area contributed by atoms with Crippen LogP contribution >= 0.6 is 7.26 Å². The fourth-order valence-electron chi connectivity index (χ4n) is 3.21. The largest absolute Gasteiger partial charge is 0.427 e. The van der Waals surface area contributed by atoms with Gasteiger partial charge in [-0.1, -0.05) is 54.6 Å². The number of hydrogen-bond acceptors (Lipinski definition) is 3. The van der Waals surface area contributed by atoms with Crippen LogP contribution in [0.25, 0.3) is 0 Å². The van der Waals surface area contributed by atoms with Gasteiger partial charge < -0.3 is 15.4 Å².